The summed E-state index contributed by atoms with van der Waals surface area (Å²) >= 11 is 0. The van der Waals surface area contributed by atoms with Crippen LogP contribution >= 0.6 is 0 Å². The van der Waals surface area contributed by atoms with Gasteiger partial charge in [0.15, 0.2) is 5.69 Å². The quantitative estimate of drug-likeness (QED) is 0.131. The van der Waals surface area contributed by atoms with Gasteiger partial charge in [-0.2, -0.15) is 27.1 Å². The molecule has 52 heavy (non-hydrogen) atoms. The zero-order chi connectivity index (χ0) is 37.3. The zero-order valence-corrected chi connectivity index (χ0v) is 27.4. The van der Waals surface area contributed by atoms with E-state index in [0.717, 1.165) is 12.1 Å². The minimum Gasteiger partial charge on any atom is -0.378 e. The highest BCUT2D eigenvalue weighted by Crippen LogP contribution is 2.68. The number of H-pyrrole nitrogens is 1. The Morgan fingerprint density at radius 2 is 1.81 bits per heavy atom. The molecule has 3 aromatic heterocycles. The van der Waals surface area contributed by atoms with E-state index in [2.05, 4.69) is 32.2 Å². The molecule has 7 rings (SSSR count). The van der Waals surface area contributed by atoms with Gasteiger partial charge in [-0.1, -0.05) is 18.1 Å². The molecule has 2 aliphatic carbocycles. The molecule has 5 aromatic rings. The molecule has 0 aliphatic heterocycles. The molecule has 0 saturated heterocycles. The summed E-state index contributed by atoms with van der Waals surface area (Å²) in [5.74, 6) is -3.54. The molecule has 2 aromatic carbocycles. The fourth-order valence-corrected chi connectivity index (χ4v) is 6.86. The number of hydrogen-bond acceptors (Lipinski definition) is 5. The molecule has 0 spiro atoms. The number of benzene rings is 2. The number of nitrogens with zero attached hydrogens (tertiary/aromatic N) is 3. The molecule has 1 fully saturated rings. The number of fused-ring (bicyclic) bond motifs is 4. The van der Waals surface area contributed by atoms with Crippen molar-refractivity contribution in [3.05, 3.63) is 117 Å². The Bertz CT molecular complexity index is 2360. The highest BCUT2D eigenvalue weighted by atomic mass is 19.4. The Hall–Kier alpha value is -5.49. The summed E-state index contributed by atoms with van der Waals surface area (Å²) in [6.07, 6.45) is -4.09. The minimum absolute atomic E-state index is 0.0452. The topological polar surface area (TPSA) is 113 Å². The van der Waals surface area contributed by atoms with Gasteiger partial charge in [-0.15, -0.1) is 0 Å². The van der Waals surface area contributed by atoms with Crippen molar-refractivity contribution >= 4 is 16.7 Å². The summed E-state index contributed by atoms with van der Waals surface area (Å²) in [4.78, 5) is 33.7. The van der Waals surface area contributed by atoms with E-state index in [0.29, 0.717) is 32.6 Å². The van der Waals surface area contributed by atoms with Crippen molar-refractivity contribution in [3.63, 3.8) is 0 Å². The Labute approximate surface area is 290 Å². The predicted octanol–water partition coefficient (Wildman–Crippen LogP) is 6.52. The lowest BCUT2D eigenvalue weighted by Crippen LogP contribution is -2.35. The highest BCUT2D eigenvalue weighted by molar-refractivity contribution is 5.96. The standard InChI is InChI=1S/C37H28F7N5O3/c1-35(2,52)10-8-21-6-7-24(22-4-3-5-25-23(22)9-11-45-34(25)51)31(46-21)28(14-18-12-19(38)15-20(39)13-18)47-29(50)17-49-33-30(32(48-49)37(42,43)44)26-16-27(26)36(33,40)41/h3-7,9,11-13,15,26-28,52H,14,16-17H2,1-2H3,(H,45,51)(H,47,50)/t26?,27-,28+/m1/s1. The molecule has 3 N–H and O–H groups in total. The SMILES string of the molecule is CC(C)(O)C#Cc1ccc(-c2cccc3c(=O)[nH]ccc23)c([C@H](Cc2cc(F)cc(F)c2)NC(=O)Cn2nc(C(F)(F)F)c3c2C(F)(F)[C@@H]2CC32)n1. The van der Waals surface area contributed by atoms with Crippen molar-refractivity contribution in [2.24, 2.45) is 5.92 Å². The first-order valence-electron chi connectivity index (χ1n) is 16.1. The van der Waals surface area contributed by atoms with E-state index in [9.17, 15) is 36.6 Å². The maximum Gasteiger partial charge on any atom is 0.435 e. The van der Waals surface area contributed by atoms with Gasteiger partial charge in [0.2, 0.25) is 5.91 Å². The Kier molecular flexibility index (Phi) is 8.28. The van der Waals surface area contributed by atoms with Crippen LogP contribution in [-0.2, 0) is 29.9 Å². The number of carbonyl (C=O) groups is 1. The summed E-state index contributed by atoms with van der Waals surface area (Å²) in [7, 11) is 0. The summed E-state index contributed by atoms with van der Waals surface area (Å²) in [5.41, 5.74) is -3.91. The number of aromatic nitrogens is 4. The molecule has 15 heteroatoms. The van der Waals surface area contributed by atoms with Gasteiger partial charge in [0.25, 0.3) is 11.5 Å². The largest absolute Gasteiger partial charge is 0.435 e. The zero-order valence-electron chi connectivity index (χ0n) is 27.4. The number of carbonyl (C=O) groups excluding carboxylic acids is 1. The van der Waals surface area contributed by atoms with Crippen molar-refractivity contribution in [1.82, 2.24) is 25.1 Å². The van der Waals surface area contributed by atoms with E-state index < -0.39 is 82.2 Å². The van der Waals surface area contributed by atoms with Crippen LogP contribution < -0.4 is 10.9 Å². The average molecular weight is 724 g/mol. The van der Waals surface area contributed by atoms with Crippen molar-refractivity contribution in [3.8, 4) is 23.0 Å². The van der Waals surface area contributed by atoms with Gasteiger partial charge < -0.3 is 15.4 Å². The van der Waals surface area contributed by atoms with E-state index in [1.54, 1.807) is 30.3 Å². The predicted molar refractivity (Wildman–Crippen MR) is 174 cm³/mol. The molecule has 268 valence electrons. The van der Waals surface area contributed by atoms with Crippen LogP contribution in [0.15, 0.2) is 65.6 Å². The molecular weight excluding hydrogens is 695 g/mol. The first kappa shape index (κ1) is 34.9. The maximum atomic E-state index is 15.3. The minimum atomic E-state index is -5.05. The van der Waals surface area contributed by atoms with Crippen molar-refractivity contribution in [1.29, 1.82) is 0 Å². The average Bonchev–Trinajstić information content (AvgIpc) is 3.70. The van der Waals surface area contributed by atoms with Gasteiger partial charge in [-0.3, -0.25) is 14.3 Å². The Morgan fingerprint density at radius 3 is 2.50 bits per heavy atom. The first-order valence-corrected chi connectivity index (χ1v) is 16.1. The normalized spacial score (nSPS) is 18.0. The lowest BCUT2D eigenvalue weighted by molar-refractivity contribution is -0.142. The molecule has 1 saturated carbocycles. The number of nitrogens with one attached hydrogen (secondary N) is 2. The summed E-state index contributed by atoms with van der Waals surface area (Å²) in [6.45, 7) is 1.83. The fourth-order valence-electron chi connectivity index (χ4n) is 6.86. The van der Waals surface area contributed by atoms with Crippen LogP contribution in [0.3, 0.4) is 0 Å². The molecule has 3 heterocycles. The third-order valence-corrected chi connectivity index (χ3v) is 9.05. The van der Waals surface area contributed by atoms with Gasteiger partial charge in [0.05, 0.1) is 11.7 Å². The number of pyridine rings is 2. The summed E-state index contributed by atoms with van der Waals surface area (Å²) in [5, 5.41) is 17.1. The second-order valence-corrected chi connectivity index (χ2v) is 13.5. The van der Waals surface area contributed by atoms with Gasteiger partial charge in [0.1, 0.15) is 35.2 Å². The summed E-state index contributed by atoms with van der Waals surface area (Å²) < 4.78 is 102. The van der Waals surface area contributed by atoms with E-state index in [1.165, 1.54) is 26.1 Å². The molecule has 1 amide bonds. The molecular formula is C37H28F7N5O3. The number of aliphatic hydroxyl groups is 1. The van der Waals surface area contributed by atoms with Crippen molar-refractivity contribution in [2.75, 3.05) is 0 Å². The lowest BCUT2D eigenvalue weighted by Gasteiger charge is -2.23. The van der Waals surface area contributed by atoms with Crippen molar-refractivity contribution in [2.45, 2.75) is 62.9 Å². The number of hydrogen-bond donors (Lipinski definition) is 3. The second-order valence-electron chi connectivity index (χ2n) is 13.5. The highest BCUT2D eigenvalue weighted by Gasteiger charge is 2.68. The van der Waals surface area contributed by atoms with E-state index in [1.807, 2.05) is 0 Å². The van der Waals surface area contributed by atoms with Gasteiger partial charge in [0, 0.05) is 34.7 Å². The van der Waals surface area contributed by atoms with Crippen LogP contribution in [0.5, 0.6) is 0 Å². The van der Waals surface area contributed by atoms with Crippen LogP contribution in [-0.4, -0.2) is 36.4 Å². The molecule has 2 aliphatic rings. The number of alkyl halides is 5. The number of aromatic amines is 1. The van der Waals surface area contributed by atoms with E-state index >= 15 is 8.78 Å². The third kappa shape index (κ3) is 6.54. The van der Waals surface area contributed by atoms with Crippen LogP contribution in [0.2, 0.25) is 0 Å². The molecule has 3 atom stereocenters. The van der Waals surface area contributed by atoms with Crippen LogP contribution in [0.1, 0.15) is 66.1 Å². The van der Waals surface area contributed by atoms with E-state index in [4.69, 9.17) is 0 Å². The van der Waals surface area contributed by atoms with Crippen molar-refractivity contribution < 1.29 is 40.6 Å². The number of halogens is 7. The smallest absolute Gasteiger partial charge is 0.378 e. The monoisotopic (exact) mass is 723 g/mol. The number of rotatable bonds is 7. The van der Waals surface area contributed by atoms with E-state index in [-0.39, 0.29) is 29.8 Å². The lowest BCUT2D eigenvalue weighted by atomic mass is 9.92. The maximum absolute atomic E-state index is 15.3. The van der Waals surface area contributed by atoms with Gasteiger partial charge in [-0.25, -0.2) is 13.8 Å². The van der Waals surface area contributed by atoms with Gasteiger partial charge in [-0.05, 0) is 91.4 Å². The Morgan fingerprint density at radius 1 is 1.08 bits per heavy atom. The van der Waals surface area contributed by atoms with Gasteiger partial charge >= 0.3 is 6.18 Å². The van der Waals surface area contributed by atoms with Crippen LogP contribution in [0.4, 0.5) is 30.7 Å². The molecule has 0 bridgehead atoms. The molecule has 8 nitrogen and oxygen atoms in total. The first-order chi connectivity index (χ1) is 24.4. The third-order valence-electron chi connectivity index (χ3n) is 9.05. The summed E-state index contributed by atoms with van der Waals surface area (Å²) in [6, 6.07) is 11.0. The van der Waals surface area contributed by atoms with Crippen LogP contribution in [0.25, 0.3) is 21.9 Å². The molecule has 1 unspecified atom stereocenters. The second kappa shape index (κ2) is 12.3. The fraction of sp³-hybridized carbons (Fsp3) is 0.297. The number of amides is 1. The van der Waals surface area contributed by atoms with Crippen LogP contribution in [0, 0.1) is 29.4 Å². The molecule has 0 radical (unpaired) electrons. The Balaban J connectivity index is 1.36.